The second kappa shape index (κ2) is 5.83. The highest BCUT2D eigenvalue weighted by Crippen LogP contribution is 2.24. The Hall–Kier alpha value is -2.69. The van der Waals surface area contributed by atoms with E-state index in [1.54, 1.807) is 6.20 Å². The maximum Gasteiger partial charge on any atom is 0.259 e. The first-order valence-electron chi connectivity index (χ1n) is 7.92. The van der Waals surface area contributed by atoms with Gasteiger partial charge in [-0.25, -0.2) is 4.98 Å². The van der Waals surface area contributed by atoms with Crippen LogP contribution in [0.15, 0.2) is 47.1 Å². The number of aromatic nitrogens is 3. The van der Waals surface area contributed by atoms with Gasteiger partial charge in [-0.1, -0.05) is 28.9 Å². The number of anilines is 1. The zero-order valence-corrected chi connectivity index (χ0v) is 13.1. The van der Waals surface area contributed by atoms with Crippen LogP contribution in [0.25, 0.3) is 22.8 Å². The molecule has 3 heterocycles. The summed E-state index contributed by atoms with van der Waals surface area (Å²) in [5.74, 6) is 2.12. The number of benzene rings is 1. The molecule has 116 valence electrons. The summed E-state index contributed by atoms with van der Waals surface area (Å²) in [6.07, 6.45) is 4.29. The number of aryl methyl sites for hydroxylation is 1. The Bertz CT molecular complexity index is 804. The smallest absolute Gasteiger partial charge is 0.259 e. The van der Waals surface area contributed by atoms with Gasteiger partial charge in [0, 0.05) is 24.8 Å². The number of hydrogen-bond donors (Lipinski definition) is 0. The van der Waals surface area contributed by atoms with Crippen LogP contribution in [0.2, 0.25) is 0 Å². The molecule has 0 unspecified atom stereocenters. The van der Waals surface area contributed by atoms with Crippen LogP contribution in [0, 0.1) is 6.92 Å². The predicted molar refractivity (Wildman–Crippen MR) is 89.1 cm³/mol. The standard InChI is InChI=1S/C18H18N4O/c1-13-5-4-6-14(11-13)17-20-18(23-21-17)15-7-8-16(19-12-15)22-9-2-3-10-22/h4-8,11-12H,2-3,9-10H2,1H3. The third kappa shape index (κ3) is 2.82. The number of hydrogen-bond acceptors (Lipinski definition) is 5. The lowest BCUT2D eigenvalue weighted by Gasteiger charge is -2.15. The van der Waals surface area contributed by atoms with E-state index >= 15 is 0 Å². The monoisotopic (exact) mass is 306 g/mol. The van der Waals surface area contributed by atoms with E-state index in [0.717, 1.165) is 30.0 Å². The van der Waals surface area contributed by atoms with Crippen molar-refractivity contribution in [3.63, 3.8) is 0 Å². The van der Waals surface area contributed by atoms with Crippen LogP contribution in [0.4, 0.5) is 5.82 Å². The first-order chi connectivity index (χ1) is 11.3. The van der Waals surface area contributed by atoms with Crippen LogP contribution in [0.5, 0.6) is 0 Å². The van der Waals surface area contributed by atoms with Gasteiger partial charge in [-0.2, -0.15) is 4.98 Å². The van der Waals surface area contributed by atoms with Gasteiger partial charge in [-0.15, -0.1) is 0 Å². The van der Waals surface area contributed by atoms with Crippen molar-refractivity contribution >= 4 is 5.82 Å². The van der Waals surface area contributed by atoms with Crippen molar-refractivity contribution in [2.75, 3.05) is 18.0 Å². The molecule has 5 nitrogen and oxygen atoms in total. The molecule has 1 aromatic carbocycles. The highest BCUT2D eigenvalue weighted by molar-refractivity contribution is 5.60. The molecule has 0 aliphatic carbocycles. The van der Waals surface area contributed by atoms with E-state index < -0.39 is 0 Å². The van der Waals surface area contributed by atoms with Gasteiger partial charge in [0.2, 0.25) is 5.82 Å². The Kier molecular flexibility index (Phi) is 3.54. The van der Waals surface area contributed by atoms with Crippen molar-refractivity contribution in [3.05, 3.63) is 48.2 Å². The minimum atomic E-state index is 0.502. The quantitative estimate of drug-likeness (QED) is 0.738. The Labute approximate surface area is 135 Å². The third-order valence-corrected chi connectivity index (χ3v) is 4.13. The molecule has 0 N–H and O–H groups in total. The molecule has 0 atom stereocenters. The molecular weight excluding hydrogens is 288 g/mol. The molecule has 1 aliphatic heterocycles. The molecule has 0 bridgehead atoms. The fourth-order valence-corrected chi connectivity index (χ4v) is 2.89. The van der Waals surface area contributed by atoms with Crippen molar-refractivity contribution in [1.29, 1.82) is 0 Å². The maximum atomic E-state index is 5.40. The third-order valence-electron chi connectivity index (χ3n) is 4.13. The van der Waals surface area contributed by atoms with Gasteiger partial charge in [-0.05, 0) is 38.0 Å². The predicted octanol–water partition coefficient (Wildman–Crippen LogP) is 3.71. The summed E-state index contributed by atoms with van der Waals surface area (Å²) >= 11 is 0. The highest BCUT2D eigenvalue weighted by atomic mass is 16.5. The molecule has 0 saturated carbocycles. The van der Waals surface area contributed by atoms with Crippen molar-refractivity contribution in [2.24, 2.45) is 0 Å². The summed E-state index contributed by atoms with van der Waals surface area (Å²) in [7, 11) is 0. The molecule has 1 saturated heterocycles. The normalized spacial score (nSPS) is 14.4. The fraction of sp³-hybridized carbons (Fsp3) is 0.278. The largest absolute Gasteiger partial charge is 0.357 e. The van der Waals surface area contributed by atoms with Crippen LogP contribution in [-0.4, -0.2) is 28.2 Å². The Morgan fingerprint density at radius 3 is 2.65 bits per heavy atom. The minimum Gasteiger partial charge on any atom is -0.357 e. The first kappa shape index (κ1) is 13.9. The van der Waals surface area contributed by atoms with Crippen molar-refractivity contribution in [1.82, 2.24) is 15.1 Å². The zero-order chi connectivity index (χ0) is 15.6. The summed E-state index contributed by atoms with van der Waals surface area (Å²) in [5, 5.41) is 4.08. The lowest BCUT2D eigenvalue weighted by Crippen LogP contribution is -2.18. The molecule has 23 heavy (non-hydrogen) atoms. The average molecular weight is 306 g/mol. The lowest BCUT2D eigenvalue weighted by molar-refractivity contribution is 0.432. The molecule has 4 rings (SSSR count). The molecule has 1 fully saturated rings. The highest BCUT2D eigenvalue weighted by Gasteiger charge is 2.15. The summed E-state index contributed by atoms with van der Waals surface area (Å²) in [5.41, 5.74) is 2.98. The topological polar surface area (TPSA) is 55.1 Å². The van der Waals surface area contributed by atoms with Gasteiger partial charge >= 0.3 is 0 Å². The minimum absolute atomic E-state index is 0.502. The van der Waals surface area contributed by atoms with E-state index in [1.165, 1.54) is 18.4 Å². The van der Waals surface area contributed by atoms with Crippen molar-refractivity contribution in [2.45, 2.75) is 19.8 Å². The van der Waals surface area contributed by atoms with E-state index in [2.05, 4.69) is 20.0 Å². The van der Waals surface area contributed by atoms with E-state index in [-0.39, 0.29) is 0 Å². The average Bonchev–Trinajstić information content (AvgIpc) is 3.27. The molecule has 1 aliphatic rings. The van der Waals surface area contributed by atoms with Crippen LogP contribution in [0.1, 0.15) is 18.4 Å². The van der Waals surface area contributed by atoms with Gasteiger partial charge in [0.15, 0.2) is 0 Å². The SMILES string of the molecule is Cc1cccc(-c2noc(-c3ccc(N4CCCC4)nc3)n2)c1. The van der Waals surface area contributed by atoms with Gasteiger partial charge in [0.25, 0.3) is 5.89 Å². The Morgan fingerprint density at radius 2 is 1.91 bits per heavy atom. The molecule has 0 spiro atoms. The van der Waals surface area contributed by atoms with Crippen LogP contribution in [0.3, 0.4) is 0 Å². The molecule has 0 radical (unpaired) electrons. The molecule has 2 aromatic heterocycles. The van der Waals surface area contributed by atoms with E-state index in [9.17, 15) is 0 Å². The number of rotatable bonds is 3. The Morgan fingerprint density at radius 1 is 1.04 bits per heavy atom. The molecule has 0 amide bonds. The Balaban J connectivity index is 1.59. The summed E-state index contributed by atoms with van der Waals surface area (Å²) in [6, 6.07) is 12.1. The van der Waals surface area contributed by atoms with E-state index in [4.69, 9.17) is 4.52 Å². The first-order valence-corrected chi connectivity index (χ1v) is 7.92. The second-order valence-electron chi connectivity index (χ2n) is 5.89. The van der Waals surface area contributed by atoms with Crippen LogP contribution >= 0.6 is 0 Å². The fourth-order valence-electron chi connectivity index (χ4n) is 2.89. The number of pyridine rings is 1. The van der Waals surface area contributed by atoms with Crippen LogP contribution < -0.4 is 4.90 Å². The zero-order valence-electron chi connectivity index (χ0n) is 13.1. The summed E-state index contributed by atoms with van der Waals surface area (Å²) < 4.78 is 5.40. The van der Waals surface area contributed by atoms with Gasteiger partial charge < -0.3 is 9.42 Å². The second-order valence-corrected chi connectivity index (χ2v) is 5.89. The summed E-state index contributed by atoms with van der Waals surface area (Å²) in [6.45, 7) is 4.22. The van der Waals surface area contributed by atoms with E-state index in [1.807, 2.05) is 43.3 Å². The molecular formula is C18H18N4O. The lowest BCUT2D eigenvalue weighted by atomic mass is 10.1. The number of nitrogens with zero attached hydrogens (tertiary/aromatic N) is 4. The van der Waals surface area contributed by atoms with Gasteiger partial charge in [0.1, 0.15) is 5.82 Å². The summed E-state index contributed by atoms with van der Waals surface area (Å²) in [4.78, 5) is 11.3. The van der Waals surface area contributed by atoms with Gasteiger partial charge in [-0.3, -0.25) is 0 Å². The van der Waals surface area contributed by atoms with Gasteiger partial charge in [0.05, 0.1) is 5.56 Å². The van der Waals surface area contributed by atoms with Crippen molar-refractivity contribution in [3.8, 4) is 22.8 Å². The maximum absolute atomic E-state index is 5.40. The molecule has 5 heteroatoms. The van der Waals surface area contributed by atoms with Crippen LogP contribution in [-0.2, 0) is 0 Å². The van der Waals surface area contributed by atoms with Crippen molar-refractivity contribution < 1.29 is 4.52 Å². The molecule has 3 aromatic rings. The van der Waals surface area contributed by atoms with E-state index in [0.29, 0.717) is 11.7 Å².